The van der Waals surface area contributed by atoms with E-state index in [4.69, 9.17) is 0 Å². The predicted molar refractivity (Wildman–Crippen MR) is 84.7 cm³/mol. The van der Waals surface area contributed by atoms with E-state index >= 15 is 0 Å². The van der Waals surface area contributed by atoms with Gasteiger partial charge in [0.25, 0.3) is 0 Å². The van der Waals surface area contributed by atoms with Crippen molar-refractivity contribution in [2.75, 3.05) is 26.7 Å². The first-order chi connectivity index (χ1) is 9.95. The van der Waals surface area contributed by atoms with Crippen LogP contribution in [0.2, 0.25) is 0 Å². The van der Waals surface area contributed by atoms with Crippen molar-refractivity contribution in [3.8, 4) is 0 Å². The molecule has 0 bridgehead atoms. The molecule has 1 heterocycles. The van der Waals surface area contributed by atoms with Crippen LogP contribution in [0.4, 0.5) is 0 Å². The van der Waals surface area contributed by atoms with Crippen LogP contribution in [-0.2, 0) is 20.1 Å². The summed E-state index contributed by atoms with van der Waals surface area (Å²) < 4.78 is 26.0. The molecular formula is C14H19BrN2O3S. The van der Waals surface area contributed by atoms with E-state index < -0.39 is 10.0 Å². The Bertz CT molecular complexity index is 595. The number of amides is 1. The third-order valence-corrected chi connectivity index (χ3v) is 6.07. The SMILES string of the molecule is CN(CC(=O)N1CCCC1)S(=O)(=O)c1ccc(CBr)cc1. The molecule has 1 amide bonds. The van der Waals surface area contributed by atoms with E-state index in [-0.39, 0.29) is 17.3 Å². The fraction of sp³-hybridized carbons (Fsp3) is 0.500. The van der Waals surface area contributed by atoms with Crippen molar-refractivity contribution in [3.63, 3.8) is 0 Å². The molecule has 2 rings (SSSR count). The third kappa shape index (κ3) is 3.84. The fourth-order valence-corrected chi connectivity index (χ4v) is 3.77. The number of carbonyl (C=O) groups excluding carboxylic acids is 1. The summed E-state index contributed by atoms with van der Waals surface area (Å²) in [7, 11) is -2.17. The Hall–Kier alpha value is -0.920. The molecule has 0 N–H and O–H groups in total. The quantitative estimate of drug-likeness (QED) is 0.738. The Kier molecular flexibility index (Phi) is 5.40. The molecule has 7 heteroatoms. The molecule has 0 saturated carbocycles. The number of hydrogen-bond donors (Lipinski definition) is 0. The largest absolute Gasteiger partial charge is 0.342 e. The summed E-state index contributed by atoms with van der Waals surface area (Å²) in [6, 6.07) is 6.67. The summed E-state index contributed by atoms with van der Waals surface area (Å²) in [6.07, 6.45) is 1.99. The fourth-order valence-electron chi connectivity index (χ4n) is 2.27. The molecule has 1 aliphatic rings. The Balaban J connectivity index is 2.08. The average molecular weight is 375 g/mol. The molecule has 0 aliphatic carbocycles. The lowest BCUT2D eigenvalue weighted by molar-refractivity contribution is -0.130. The molecule has 0 radical (unpaired) electrons. The van der Waals surface area contributed by atoms with E-state index in [1.54, 1.807) is 29.2 Å². The average Bonchev–Trinajstić information content (AvgIpc) is 3.01. The Morgan fingerprint density at radius 2 is 1.81 bits per heavy atom. The van der Waals surface area contributed by atoms with Gasteiger partial charge in [0, 0.05) is 25.5 Å². The van der Waals surface area contributed by atoms with E-state index in [9.17, 15) is 13.2 Å². The number of benzene rings is 1. The van der Waals surface area contributed by atoms with Gasteiger partial charge in [0.05, 0.1) is 11.4 Å². The van der Waals surface area contributed by atoms with Crippen molar-refractivity contribution >= 4 is 31.9 Å². The highest BCUT2D eigenvalue weighted by molar-refractivity contribution is 9.08. The molecule has 1 saturated heterocycles. The van der Waals surface area contributed by atoms with Gasteiger partial charge in [-0.25, -0.2) is 8.42 Å². The molecule has 1 aromatic carbocycles. The predicted octanol–water partition coefficient (Wildman–Crippen LogP) is 1.82. The van der Waals surface area contributed by atoms with Gasteiger partial charge in [0.2, 0.25) is 15.9 Å². The molecule has 21 heavy (non-hydrogen) atoms. The Morgan fingerprint density at radius 3 is 2.33 bits per heavy atom. The Morgan fingerprint density at radius 1 is 1.24 bits per heavy atom. The lowest BCUT2D eigenvalue weighted by atomic mass is 10.2. The number of sulfonamides is 1. The molecule has 1 fully saturated rings. The van der Waals surface area contributed by atoms with Crippen LogP contribution >= 0.6 is 15.9 Å². The number of likely N-dealkylation sites (N-methyl/N-ethyl adjacent to an activating group) is 1. The molecule has 0 aromatic heterocycles. The van der Waals surface area contributed by atoms with Gasteiger partial charge in [-0.3, -0.25) is 4.79 Å². The van der Waals surface area contributed by atoms with Crippen molar-refractivity contribution in [1.29, 1.82) is 0 Å². The van der Waals surface area contributed by atoms with Crippen LogP contribution in [0.1, 0.15) is 18.4 Å². The second-order valence-corrected chi connectivity index (χ2v) is 7.73. The zero-order valence-electron chi connectivity index (χ0n) is 12.0. The second-order valence-electron chi connectivity index (χ2n) is 5.13. The minimum atomic E-state index is -3.62. The van der Waals surface area contributed by atoms with Crippen LogP contribution < -0.4 is 0 Å². The molecular weight excluding hydrogens is 356 g/mol. The molecule has 5 nitrogen and oxygen atoms in total. The van der Waals surface area contributed by atoms with Gasteiger partial charge < -0.3 is 4.90 Å². The van der Waals surface area contributed by atoms with Crippen molar-refractivity contribution in [3.05, 3.63) is 29.8 Å². The molecule has 116 valence electrons. The number of alkyl halides is 1. The highest BCUT2D eigenvalue weighted by Gasteiger charge is 2.26. The van der Waals surface area contributed by atoms with Crippen LogP contribution in [-0.4, -0.2) is 50.2 Å². The minimum absolute atomic E-state index is 0.109. The van der Waals surface area contributed by atoms with Crippen LogP contribution in [0.5, 0.6) is 0 Å². The monoisotopic (exact) mass is 374 g/mol. The second kappa shape index (κ2) is 6.89. The topological polar surface area (TPSA) is 57.7 Å². The van der Waals surface area contributed by atoms with Crippen molar-refractivity contribution in [1.82, 2.24) is 9.21 Å². The molecule has 0 atom stereocenters. The number of rotatable bonds is 5. The van der Waals surface area contributed by atoms with Gasteiger partial charge in [0.1, 0.15) is 0 Å². The Labute approximate surface area is 134 Å². The van der Waals surface area contributed by atoms with E-state index in [0.29, 0.717) is 5.33 Å². The van der Waals surface area contributed by atoms with Crippen molar-refractivity contribution < 1.29 is 13.2 Å². The standard InChI is InChI=1S/C14H19BrN2O3S/c1-16(11-14(18)17-8-2-3-9-17)21(19,20)13-6-4-12(10-15)5-7-13/h4-7H,2-3,8-11H2,1H3. The summed E-state index contributed by atoms with van der Waals surface area (Å²) in [6.45, 7) is 1.35. The minimum Gasteiger partial charge on any atom is -0.342 e. The summed E-state index contributed by atoms with van der Waals surface area (Å²) in [5.74, 6) is -0.129. The molecule has 0 spiro atoms. The van der Waals surface area contributed by atoms with Crippen LogP contribution in [0, 0.1) is 0 Å². The summed E-state index contributed by atoms with van der Waals surface area (Å²) in [5.41, 5.74) is 1.00. The van der Waals surface area contributed by atoms with Gasteiger partial charge in [-0.1, -0.05) is 28.1 Å². The number of halogens is 1. The summed E-state index contributed by atoms with van der Waals surface area (Å²) >= 11 is 3.32. The van der Waals surface area contributed by atoms with Gasteiger partial charge >= 0.3 is 0 Å². The maximum Gasteiger partial charge on any atom is 0.243 e. The molecule has 1 aromatic rings. The normalized spacial score (nSPS) is 15.7. The number of likely N-dealkylation sites (tertiary alicyclic amines) is 1. The van der Waals surface area contributed by atoms with Gasteiger partial charge in [-0.15, -0.1) is 0 Å². The van der Waals surface area contributed by atoms with Gasteiger partial charge in [-0.05, 0) is 30.5 Å². The first-order valence-corrected chi connectivity index (χ1v) is 9.40. The first-order valence-electron chi connectivity index (χ1n) is 6.84. The first kappa shape index (κ1) is 16.5. The van der Waals surface area contributed by atoms with Crippen LogP contribution in [0.25, 0.3) is 0 Å². The maximum atomic E-state index is 12.4. The lowest BCUT2D eigenvalue weighted by Crippen LogP contribution is -2.39. The number of hydrogen-bond acceptors (Lipinski definition) is 3. The zero-order valence-corrected chi connectivity index (χ0v) is 14.4. The highest BCUT2D eigenvalue weighted by atomic mass is 79.9. The zero-order chi connectivity index (χ0) is 15.5. The van der Waals surface area contributed by atoms with Gasteiger partial charge in [0.15, 0.2) is 0 Å². The number of nitrogens with zero attached hydrogens (tertiary/aromatic N) is 2. The lowest BCUT2D eigenvalue weighted by Gasteiger charge is -2.21. The molecule has 0 unspecified atom stereocenters. The summed E-state index contributed by atoms with van der Waals surface area (Å²) in [4.78, 5) is 14.0. The van der Waals surface area contributed by atoms with Crippen molar-refractivity contribution in [2.24, 2.45) is 0 Å². The molecule has 1 aliphatic heterocycles. The van der Waals surface area contributed by atoms with Crippen molar-refractivity contribution in [2.45, 2.75) is 23.1 Å². The van der Waals surface area contributed by atoms with E-state index in [2.05, 4.69) is 15.9 Å². The van der Waals surface area contributed by atoms with Crippen LogP contribution in [0.15, 0.2) is 29.2 Å². The smallest absolute Gasteiger partial charge is 0.243 e. The van der Waals surface area contributed by atoms with E-state index in [0.717, 1.165) is 35.8 Å². The van der Waals surface area contributed by atoms with E-state index in [1.807, 2.05) is 0 Å². The third-order valence-electron chi connectivity index (χ3n) is 3.60. The van der Waals surface area contributed by atoms with Gasteiger partial charge in [-0.2, -0.15) is 4.31 Å². The van der Waals surface area contributed by atoms with E-state index in [1.165, 1.54) is 7.05 Å². The van der Waals surface area contributed by atoms with Crippen LogP contribution in [0.3, 0.4) is 0 Å². The maximum absolute atomic E-state index is 12.4. The summed E-state index contributed by atoms with van der Waals surface area (Å²) in [5, 5.41) is 0.677. The highest BCUT2D eigenvalue weighted by Crippen LogP contribution is 2.17. The number of carbonyl (C=O) groups is 1.